The van der Waals surface area contributed by atoms with Crippen LogP contribution in [0.15, 0.2) is 24.3 Å². The molecule has 0 saturated heterocycles. The van der Waals surface area contributed by atoms with E-state index in [1.807, 2.05) is 7.05 Å². The van der Waals surface area contributed by atoms with Crippen LogP contribution in [0.3, 0.4) is 0 Å². The molecular weight excluding hydrogens is 220 g/mol. The Bertz CT molecular complexity index is 329. The quantitative estimate of drug-likeness (QED) is 0.797. The lowest BCUT2D eigenvalue weighted by Crippen LogP contribution is -2.33. The lowest BCUT2D eigenvalue weighted by atomic mass is 10.0. The molecule has 0 aliphatic rings. The molecule has 0 fully saturated rings. The van der Waals surface area contributed by atoms with Crippen molar-refractivity contribution in [2.24, 2.45) is 5.92 Å². The van der Waals surface area contributed by atoms with Crippen LogP contribution < -0.4 is 5.32 Å². The molecule has 0 heterocycles. The Morgan fingerprint density at radius 3 is 2.17 bits per heavy atom. The molecule has 1 N–H and O–H groups in total. The zero-order valence-corrected chi connectivity index (χ0v) is 12.5. The fraction of sp³-hybridized carbons (Fsp3) is 0.625. The SMILES string of the molecule is CCc1ccc(C(CN(C)CC(C)C)NC)cc1. The zero-order valence-electron chi connectivity index (χ0n) is 12.5. The van der Waals surface area contributed by atoms with Crippen LogP contribution in [0, 0.1) is 5.92 Å². The number of nitrogens with one attached hydrogen (secondary N) is 1. The van der Waals surface area contributed by atoms with Gasteiger partial charge in [0, 0.05) is 19.1 Å². The highest BCUT2D eigenvalue weighted by Crippen LogP contribution is 2.15. The van der Waals surface area contributed by atoms with Crippen LogP contribution in [-0.4, -0.2) is 32.1 Å². The Kier molecular flexibility index (Phi) is 6.37. The molecule has 0 saturated carbocycles. The summed E-state index contributed by atoms with van der Waals surface area (Å²) in [6, 6.07) is 9.40. The van der Waals surface area contributed by atoms with Gasteiger partial charge in [-0.25, -0.2) is 0 Å². The molecule has 18 heavy (non-hydrogen) atoms. The molecule has 1 unspecified atom stereocenters. The summed E-state index contributed by atoms with van der Waals surface area (Å²) in [5, 5.41) is 3.42. The van der Waals surface area contributed by atoms with Crippen LogP contribution in [0.25, 0.3) is 0 Å². The normalized spacial score (nSPS) is 13.3. The van der Waals surface area contributed by atoms with Crippen LogP contribution in [0.5, 0.6) is 0 Å². The highest BCUT2D eigenvalue weighted by molar-refractivity contribution is 5.25. The second-order valence-corrected chi connectivity index (χ2v) is 5.55. The summed E-state index contributed by atoms with van der Waals surface area (Å²) in [5.41, 5.74) is 2.79. The first-order chi connectivity index (χ1) is 8.56. The van der Waals surface area contributed by atoms with Crippen molar-refractivity contribution in [3.05, 3.63) is 35.4 Å². The van der Waals surface area contributed by atoms with E-state index in [9.17, 15) is 0 Å². The summed E-state index contributed by atoms with van der Waals surface area (Å²) in [6.07, 6.45) is 1.11. The Morgan fingerprint density at radius 2 is 1.72 bits per heavy atom. The van der Waals surface area contributed by atoms with E-state index in [1.165, 1.54) is 11.1 Å². The molecule has 1 atom stereocenters. The second kappa shape index (κ2) is 7.55. The van der Waals surface area contributed by atoms with E-state index in [1.54, 1.807) is 0 Å². The minimum Gasteiger partial charge on any atom is -0.312 e. The third-order valence-corrected chi connectivity index (χ3v) is 3.31. The highest BCUT2D eigenvalue weighted by atomic mass is 15.1. The Hall–Kier alpha value is -0.860. The summed E-state index contributed by atoms with van der Waals surface area (Å²) in [4.78, 5) is 2.40. The van der Waals surface area contributed by atoms with Crippen molar-refractivity contribution < 1.29 is 0 Å². The smallest absolute Gasteiger partial charge is 0.0446 e. The summed E-state index contributed by atoms with van der Waals surface area (Å²) in [7, 11) is 4.24. The van der Waals surface area contributed by atoms with Gasteiger partial charge in [-0.05, 0) is 37.6 Å². The maximum atomic E-state index is 3.42. The van der Waals surface area contributed by atoms with Gasteiger partial charge >= 0.3 is 0 Å². The van der Waals surface area contributed by atoms with Gasteiger partial charge in [-0.3, -0.25) is 0 Å². The maximum absolute atomic E-state index is 3.42. The first kappa shape index (κ1) is 15.2. The summed E-state index contributed by atoms with van der Waals surface area (Å²) in [6.45, 7) is 8.92. The molecule has 0 amide bonds. The molecule has 1 aromatic carbocycles. The molecule has 0 aromatic heterocycles. The number of benzene rings is 1. The van der Waals surface area contributed by atoms with Crippen molar-refractivity contribution in [2.75, 3.05) is 27.2 Å². The average molecular weight is 248 g/mol. The van der Waals surface area contributed by atoms with Crippen LogP contribution in [0.1, 0.15) is 37.9 Å². The van der Waals surface area contributed by atoms with Crippen molar-refractivity contribution in [1.82, 2.24) is 10.2 Å². The van der Waals surface area contributed by atoms with Gasteiger partial charge in [0.15, 0.2) is 0 Å². The van der Waals surface area contributed by atoms with Gasteiger partial charge < -0.3 is 10.2 Å². The number of hydrogen-bond acceptors (Lipinski definition) is 2. The first-order valence-corrected chi connectivity index (χ1v) is 7.01. The number of rotatable bonds is 7. The zero-order chi connectivity index (χ0) is 13.5. The van der Waals surface area contributed by atoms with Gasteiger partial charge in [0.25, 0.3) is 0 Å². The highest BCUT2D eigenvalue weighted by Gasteiger charge is 2.12. The lowest BCUT2D eigenvalue weighted by molar-refractivity contribution is 0.267. The number of hydrogen-bond donors (Lipinski definition) is 1. The minimum atomic E-state index is 0.416. The van der Waals surface area contributed by atoms with Gasteiger partial charge in [0.2, 0.25) is 0 Å². The molecule has 0 aliphatic carbocycles. The van der Waals surface area contributed by atoms with Crippen LogP contribution in [0.4, 0.5) is 0 Å². The fourth-order valence-electron chi connectivity index (χ4n) is 2.36. The Morgan fingerprint density at radius 1 is 1.11 bits per heavy atom. The van der Waals surface area contributed by atoms with Gasteiger partial charge in [-0.2, -0.15) is 0 Å². The number of aryl methyl sites for hydroxylation is 1. The third-order valence-electron chi connectivity index (χ3n) is 3.31. The van der Waals surface area contributed by atoms with E-state index < -0.39 is 0 Å². The maximum Gasteiger partial charge on any atom is 0.0446 e. The van der Waals surface area contributed by atoms with Crippen LogP contribution >= 0.6 is 0 Å². The van der Waals surface area contributed by atoms with Gasteiger partial charge in [0.05, 0.1) is 0 Å². The molecule has 1 rings (SSSR count). The molecule has 102 valence electrons. The molecule has 2 heteroatoms. The molecule has 0 aliphatic heterocycles. The van der Waals surface area contributed by atoms with Crippen molar-refractivity contribution in [2.45, 2.75) is 33.2 Å². The summed E-state index contributed by atoms with van der Waals surface area (Å²) < 4.78 is 0. The van der Waals surface area contributed by atoms with Crippen LogP contribution in [0.2, 0.25) is 0 Å². The van der Waals surface area contributed by atoms with E-state index >= 15 is 0 Å². The molecule has 0 bridgehead atoms. The molecule has 0 radical (unpaired) electrons. The fourth-order valence-corrected chi connectivity index (χ4v) is 2.36. The number of likely N-dealkylation sites (N-methyl/N-ethyl adjacent to an activating group) is 2. The second-order valence-electron chi connectivity index (χ2n) is 5.55. The average Bonchev–Trinajstić information content (AvgIpc) is 2.35. The molecular formula is C16H28N2. The predicted octanol–water partition coefficient (Wildman–Crippen LogP) is 3.10. The topological polar surface area (TPSA) is 15.3 Å². The Balaban J connectivity index is 2.64. The third kappa shape index (κ3) is 4.79. The molecule has 2 nitrogen and oxygen atoms in total. The van der Waals surface area contributed by atoms with E-state index in [4.69, 9.17) is 0 Å². The summed E-state index contributed by atoms with van der Waals surface area (Å²) in [5.74, 6) is 0.718. The summed E-state index contributed by atoms with van der Waals surface area (Å²) >= 11 is 0. The standard InChI is InChI=1S/C16H28N2/c1-6-14-7-9-15(10-8-14)16(17-4)12-18(5)11-13(2)3/h7-10,13,16-17H,6,11-12H2,1-5H3. The van der Waals surface area contributed by atoms with Gasteiger partial charge in [-0.1, -0.05) is 45.0 Å². The van der Waals surface area contributed by atoms with Gasteiger partial charge in [-0.15, -0.1) is 0 Å². The van der Waals surface area contributed by atoms with Crippen molar-refractivity contribution >= 4 is 0 Å². The van der Waals surface area contributed by atoms with Crippen LogP contribution in [-0.2, 0) is 6.42 Å². The first-order valence-electron chi connectivity index (χ1n) is 7.01. The number of nitrogens with zero attached hydrogens (tertiary/aromatic N) is 1. The van der Waals surface area contributed by atoms with E-state index in [2.05, 4.69) is 62.3 Å². The van der Waals surface area contributed by atoms with Gasteiger partial charge in [0.1, 0.15) is 0 Å². The molecule has 0 spiro atoms. The van der Waals surface area contributed by atoms with Crippen molar-refractivity contribution in [3.8, 4) is 0 Å². The van der Waals surface area contributed by atoms with E-state index in [0.29, 0.717) is 6.04 Å². The minimum absolute atomic E-state index is 0.416. The van der Waals surface area contributed by atoms with Crippen molar-refractivity contribution in [3.63, 3.8) is 0 Å². The predicted molar refractivity (Wildman–Crippen MR) is 80.0 cm³/mol. The van der Waals surface area contributed by atoms with E-state index in [0.717, 1.165) is 25.4 Å². The van der Waals surface area contributed by atoms with Crippen molar-refractivity contribution in [1.29, 1.82) is 0 Å². The largest absolute Gasteiger partial charge is 0.312 e. The lowest BCUT2D eigenvalue weighted by Gasteiger charge is -2.25. The molecule has 1 aromatic rings. The van der Waals surface area contributed by atoms with E-state index in [-0.39, 0.29) is 0 Å². The Labute approximate surface area is 112 Å². The monoisotopic (exact) mass is 248 g/mol.